The standard InChI is InChI=1S/C15H11N3O3S2/c19-13-9-23-15(17-13)18-16-8-10-3-5-11(6-4-10)21-14(20)12-2-1-7-22-12/h1-8H,9H2,(H,17,18,19). The van der Waals surface area contributed by atoms with Crippen LogP contribution in [0.25, 0.3) is 0 Å². The van der Waals surface area contributed by atoms with Crippen LogP contribution < -0.4 is 10.1 Å². The van der Waals surface area contributed by atoms with Crippen molar-refractivity contribution in [3.05, 3.63) is 52.2 Å². The Morgan fingerprint density at radius 2 is 2.09 bits per heavy atom. The lowest BCUT2D eigenvalue weighted by molar-refractivity contribution is -0.116. The van der Waals surface area contributed by atoms with Crippen LogP contribution in [-0.4, -0.2) is 29.0 Å². The molecule has 8 heteroatoms. The summed E-state index contributed by atoms with van der Waals surface area (Å²) >= 11 is 2.65. The van der Waals surface area contributed by atoms with Gasteiger partial charge in [-0.05, 0) is 41.3 Å². The van der Waals surface area contributed by atoms with Gasteiger partial charge in [-0.1, -0.05) is 17.8 Å². The maximum absolute atomic E-state index is 11.8. The SMILES string of the molecule is O=C1CSC(=NN=Cc2ccc(OC(=O)c3cccs3)cc2)N1. The summed E-state index contributed by atoms with van der Waals surface area (Å²) in [6.45, 7) is 0. The molecule has 0 saturated carbocycles. The minimum absolute atomic E-state index is 0.0686. The van der Waals surface area contributed by atoms with Crippen molar-refractivity contribution >= 4 is 46.4 Å². The van der Waals surface area contributed by atoms with E-state index >= 15 is 0 Å². The minimum atomic E-state index is -0.373. The van der Waals surface area contributed by atoms with E-state index in [1.165, 1.54) is 23.1 Å². The molecule has 1 fully saturated rings. The highest BCUT2D eigenvalue weighted by molar-refractivity contribution is 8.15. The number of carbonyl (C=O) groups excluding carboxylic acids is 2. The lowest BCUT2D eigenvalue weighted by Crippen LogP contribution is -2.19. The summed E-state index contributed by atoms with van der Waals surface area (Å²) < 4.78 is 5.26. The second-order valence-electron chi connectivity index (χ2n) is 4.42. The predicted molar refractivity (Wildman–Crippen MR) is 91.3 cm³/mol. The highest BCUT2D eigenvalue weighted by Crippen LogP contribution is 2.16. The van der Waals surface area contributed by atoms with Crippen LogP contribution in [0.15, 0.2) is 52.0 Å². The van der Waals surface area contributed by atoms with Crippen LogP contribution in [0.4, 0.5) is 0 Å². The highest BCUT2D eigenvalue weighted by atomic mass is 32.2. The molecule has 2 heterocycles. The van der Waals surface area contributed by atoms with Crippen LogP contribution in [0, 0.1) is 0 Å². The zero-order chi connectivity index (χ0) is 16.1. The van der Waals surface area contributed by atoms with Gasteiger partial charge >= 0.3 is 5.97 Å². The third kappa shape index (κ3) is 4.27. The van der Waals surface area contributed by atoms with Gasteiger partial charge in [0.2, 0.25) is 5.91 Å². The van der Waals surface area contributed by atoms with Gasteiger partial charge < -0.3 is 10.1 Å². The Morgan fingerprint density at radius 3 is 2.74 bits per heavy atom. The molecule has 0 unspecified atom stereocenters. The number of amidine groups is 1. The Balaban J connectivity index is 1.59. The number of amides is 1. The molecule has 0 atom stereocenters. The second kappa shape index (κ2) is 7.21. The normalized spacial score (nSPS) is 16.0. The Kier molecular flexibility index (Phi) is 4.84. The van der Waals surface area contributed by atoms with E-state index in [9.17, 15) is 9.59 Å². The van der Waals surface area contributed by atoms with Crippen molar-refractivity contribution in [3.8, 4) is 5.75 Å². The molecule has 1 saturated heterocycles. The van der Waals surface area contributed by atoms with E-state index in [4.69, 9.17) is 4.74 Å². The van der Waals surface area contributed by atoms with Gasteiger partial charge in [0.05, 0.1) is 12.0 Å². The van der Waals surface area contributed by atoms with Crippen LogP contribution in [0.2, 0.25) is 0 Å². The quantitative estimate of drug-likeness (QED) is 0.400. The number of hydrogen-bond donors (Lipinski definition) is 1. The molecular weight excluding hydrogens is 334 g/mol. The number of rotatable bonds is 4. The first kappa shape index (κ1) is 15.4. The average molecular weight is 345 g/mol. The summed E-state index contributed by atoms with van der Waals surface area (Å²) in [6, 6.07) is 10.4. The number of esters is 1. The molecule has 0 bridgehead atoms. The number of thiophene rings is 1. The lowest BCUT2D eigenvalue weighted by Gasteiger charge is -2.02. The summed E-state index contributed by atoms with van der Waals surface area (Å²) in [5.41, 5.74) is 0.805. The smallest absolute Gasteiger partial charge is 0.353 e. The molecule has 23 heavy (non-hydrogen) atoms. The van der Waals surface area contributed by atoms with Crippen molar-refractivity contribution in [3.63, 3.8) is 0 Å². The molecule has 0 spiro atoms. The lowest BCUT2D eigenvalue weighted by atomic mass is 10.2. The third-order valence-corrected chi connectivity index (χ3v) is 4.47. The fourth-order valence-electron chi connectivity index (χ4n) is 1.70. The largest absolute Gasteiger partial charge is 0.422 e. The maximum Gasteiger partial charge on any atom is 0.353 e. The fourth-order valence-corrected chi connectivity index (χ4v) is 2.93. The molecule has 1 amide bonds. The Bertz CT molecular complexity index is 768. The molecular formula is C15H11N3O3S2. The van der Waals surface area contributed by atoms with E-state index in [0.29, 0.717) is 21.5 Å². The van der Waals surface area contributed by atoms with Gasteiger partial charge in [0, 0.05) is 0 Å². The number of nitrogens with zero attached hydrogens (tertiary/aromatic N) is 2. The zero-order valence-electron chi connectivity index (χ0n) is 11.8. The van der Waals surface area contributed by atoms with Gasteiger partial charge in [-0.3, -0.25) is 4.79 Å². The van der Waals surface area contributed by atoms with Crippen molar-refractivity contribution in [2.75, 3.05) is 5.75 Å². The molecule has 0 radical (unpaired) electrons. The number of carbonyl (C=O) groups is 2. The predicted octanol–water partition coefficient (Wildman–Crippen LogP) is 2.52. The van der Waals surface area contributed by atoms with E-state index in [-0.39, 0.29) is 11.9 Å². The molecule has 1 N–H and O–H groups in total. The molecule has 116 valence electrons. The van der Waals surface area contributed by atoms with Crippen molar-refractivity contribution in [2.24, 2.45) is 10.2 Å². The summed E-state index contributed by atoms with van der Waals surface area (Å²) in [5.74, 6) is 0.395. The van der Waals surface area contributed by atoms with Gasteiger partial charge in [-0.15, -0.1) is 16.4 Å². The summed E-state index contributed by atoms with van der Waals surface area (Å²) in [5, 5.41) is 12.7. The Labute approximate surface area is 140 Å². The van der Waals surface area contributed by atoms with Crippen molar-refractivity contribution in [1.82, 2.24) is 5.32 Å². The van der Waals surface area contributed by atoms with E-state index < -0.39 is 0 Å². The van der Waals surface area contributed by atoms with Gasteiger partial charge in [0.15, 0.2) is 5.17 Å². The van der Waals surface area contributed by atoms with Gasteiger partial charge in [0.1, 0.15) is 10.6 Å². The van der Waals surface area contributed by atoms with E-state index in [0.717, 1.165) is 5.56 Å². The zero-order valence-corrected chi connectivity index (χ0v) is 13.4. The number of benzene rings is 1. The molecule has 1 aliphatic rings. The molecule has 3 rings (SSSR count). The number of ether oxygens (including phenoxy) is 1. The monoisotopic (exact) mass is 345 g/mol. The first-order valence-corrected chi connectivity index (χ1v) is 8.47. The Morgan fingerprint density at radius 1 is 1.26 bits per heavy atom. The van der Waals surface area contributed by atoms with E-state index in [1.807, 2.05) is 5.38 Å². The summed E-state index contributed by atoms with van der Waals surface area (Å²) in [6.07, 6.45) is 1.56. The summed E-state index contributed by atoms with van der Waals surface area (Å²) in [7, 11) is 0. The number of nitrogens with one attached hydrogen (secondary N) is 1. The topological polar surface area (TPSA) is 80.1 Å². The molecule has 2 aromatic rings. The second-order valence-corrected chi connectivity index (χ2v) is 6.33. The average Bonchev–Trinajstić information content (AvgIpc) is 3.21. The molecule has 1 aliphatic heterocycles. The fraction of sp³-hybridized carbons (Fsp3) is 0.0667. The molecule has 1 aromatic heterocycles. The summed E-state index contributed by atoms with van der Waals surface area (Å²) in [4.78, 5) is 23.4. The van der Waals surface area contributed by atoms with Crippen molar-refractivity contribution in [1.29, 1.82) is 0 Å². The van der Waals surface area contributed by atoms with Gasteiger partial charge in [-0.25, -0.2) is 4.79 Å². The van der Waals surface area contributed by atoms with Crippen molar-refractivity contribution < 1.29 is 14.3 Å². The minimum Gasteiger partial charge on any atom is -0.422 e. The number of thioether (sulfide) groups is 1. The maximum atomic E-state index is 11.8. The van der Waals surface area contributed by atoms with Crippen molar-refractivity contribution in [2.45, 2.75) is 0 Å². The van der Waals surface area contributed by atoms with Crippen LogP contribution in [-0.2, 0) is 4.79 Å². The van der Waals surface area contributed by atoms with Crippen LogP contribution in [0.1, 0.15) is 15.2 Å². The highest BCUT2D eigenvalue weighted by Gasteiger charge is 2.15. The first-order chi connectivity index (χ1) is 11.2. The number of hydrogen-bond acceptors (Lipinski definition) is 7. The Hall–Kier alpha value is -2.45. The van der Waals surface area contributed by atoms with Gasteiger partial charge in [-0.2, -0.15) is 5.10 Å². The van der Waals surface area contributed by atoms with E-state index in [1.54, 1.807) is 42.6 Å². The third-order valence-electron chi connectivity index (χ3n) is 2.75. The van der Waals surface area contributed by atoms with Crippen LogP contribution >= 0.6 is 23.1 Å². The molecule has 6 nitrogen and oxygen atoms in total. The first-order valence-electron chi connectivity index (χ1n) is 6.60. The van der Waals surface area contributed by atoms with Crippen LogP contribution in [0.5, 0.6) is 5.75 Å². The molecule has 1 aromatic carbocycles. The molecule has 0 aliphatic carbocycles. The van der Waals surface area contributed by atoms with E-state index in [2.05, 4.69) is 15.5 Å². The van der Waals surface area contributed by atoms with Crippen LogP contribution in [0.3, 0.4) is 0 Å². The van der Waals surface area contributed by atoms with Gasteiger partial charge in [0.25, 0.3) is 0 Å².